The molecule has 0 spiro atoms. The minimum atomic E-state index is -0.729. The van der Waals surface area contributed by atoms with Crippen molar-refractivity contribution in [1.29, 1.82) is 0 Å². The minimum absolute atomic E-state index is 0.260. The topological polar surface area (TPSA) is 77.0 Å². The smallest absolute Gasteiger partial charge is 0.258 e. The summed E-state index contributed by atoms with van der Waals surface area (Å²) < 4.78 is 20.7. The summed E-state index contributed by atoms with van der Waals surface area (Å²) in [6.45, 7) is 4.68. The Morgan fingerprint density at radius 2 is 1.78 bits per heavy atom. The number of hydrogen-bond donors (Lipinski definition) is 1. The van der Waals surface area contributed by atoms with E-state index in [4.69, 9.17) is 4.52 Å². The molecule has 1 N–H and O–H groups in total. The van der Waals surface area contributed by atoms with Crippen molar-refractivity contribution in [3.8, 4) is 28.6 Å². The molecule has 0 atom stereocenters. The van der Waals surface area contributed by atoms with E-state index in [9.17, 15) is 9.50 Å². The lowest BCUT2D eigenvalue weighted by atomic mass is 10.1. The zero-order valence-corrected chi connectivity index (χ0v) is 14.8. The van der Waals surface area contributed by atoms with E-state index < -0.39 is 11.6 Å². The fourth-order valence-corrected chi connectivity index (χ4v) is 2.86. The SMILES string of the molecule is Cc1cc(C)n(Cc2ccc(-c3nc(-c4ccc(O)c(F)c4)no3)cc2)n1. The molecule has 0 aliphatic rings. The molecule has 6 nitrogen and oxygen atoms in total. The van der Waals surface area contributed by atoms with Gasteiger partial charge in [-0.2, -0.15) is 10.1 Å². The summed E-state index contributed by atoms with van der Waals surface area (Å²) in [6.07, 6.45) is 0. The summed E-state index contributed by atoms with van der Waals surface area (Å²) in [6, 6.07) is 13.8. The van der Waals surface area contributed by atoms with E-state index in [1.165, 1.54) is 18.2 Å². The summed E-state index contributed by atoms with van der Waals surface area (Å²) in [5.74, 6) is -0.542. The number of phenols is 1. The summed E-state index contributed by atoms with van der Waals surface area (Å²) in [5.41, 5.74) is 4.41. The van der Waals surface area contributed by atoms with Crippen LogP contribution in [0.3, 0.4) is 0 Å². The van der Waals surface area contributed by atoms with Gasteiger partial charge in [0.05, 0.1) is 12.2 Å². The molecule has 0 aliphatic heterocycles. The number of benzene rings is 2. The Hall–Kier alpha value is -3.48. The minimum Gasteiger partial charge on any atom is -0.505 e. The highest BCUT2D eigenvalue weighted by Crippen LogP contribution is 2.25. The molecule has 4 rings (SSSR count). The van der Waals surface area contributed by atoms with Crippen molar-refractivity contribution in [2.75, 3.05) is 0 Å². The molecule has 0 amide bonds. The van der Waals surface area contributed by atoms with Crippen LogP contribution < -0.4 is 0 Å². The van der Waals surface area contributed by atoms with Crippen molar-refractivity contribution in [1.82, 2.24) is 19.9 Å². The number of halogens is 1. The summed E-state index contributed by atoms with van der Waals surface area (Å²) >= 11 is 0. The van der Waals surface area contributed by atoms with Crippen LogP contribution in [0.5, 0.6) is 5.75 Å². The molecule has 2 aromatic carbocycles. The lowest BCUT2D eigenvalue weighted by molar-refractivity contribution is 0.430. The van der Waals surface area contributed by atoms with Gasteiger partial charge >= 0.3 is 0 Å². The Bertz CT molecular complexity index is 1100. The zero-order valence-electron chi connectivity index (χ0n) is 14.8. The zero-order chi connectivity index (χ0) is 19.0. The van der Waals surface area contributed by atoms with Gasteiger partial charge < -0.3 is 9.63 Å². The second kappa shape index (κ2) is 6.68. The van der Waals surface area contributed by atoms with Gasteiger partial charge in [0, 0.05) is 16.8 Å². The van der Waals surface area contributed by atoms with Gasteiger partial charge in [0.15, 0.2) is 11.6 Å². The predicted molar refractivity (Wildman–Crippen MR) is 97.6 cm³/mol. The van der Waals surface area contributed by atoms with Gasteiger partial charge in [-0.3, -0.25) is 4.68 Å². The fraction of sp³-hybridized carbons (Fsp3) is 0.150. The molecule has 4 aromatic rings. The van der Waals surface area contributed by atoms with Crippen LogP contribution in [0.15, 0.2) is 53.1 Å². The van der Waals surface area contributed by atoms with Crippen LogP contribution in [0.2, 0.25) is 0 Å². The number of aryl methyl sites for hydroxylation is 2. The molecule has 2 aromatic heterocycles. The third-order valence-electron chi connectivity index (χ3n) is 4.27. The van der Waals surface area contributed by atoms with E-state index in [0.29, 0.717) is 18.0 Å². The van der Waals surface area contributed by atoms with Crippen LogP contribution in [-0.4, -0.2) is 25.0 Å². The molecule has 7 heteroatoms. The van der Waals surface area contributed by atoms with Crippen LogP contribution in [0.25, 0.3) is 22.8 Å². The lowest BCUT2D eigenvalue weighted by Crippen LogP contribution is -2.03. The van der Waals surface area contributed by atoms with Crippen molar-refractivity contribution >= 4 is 0 Å². The molecule has 0 bridgehead atoms. The number of aromatic nitrogens is 4. The molecule has 0 unspecified atom stereocenters. The summed E-state index contributed by atoms with van der Waals surface area (Å²) in [7, 11) is 0. The van der Waals surface area contributed by atoms with Gasteiger partial charge in [0.25, 0.3) is 5.89 Å². The quantitative estimate of drug-likeness (QED) is 0.590. The number of aromatic hydroxyl groups is 1. The maximum absolute atomic E-state index is 13.5. The van der Waals surface area contributed by atoms with E-state index in [2.05, 4.69) is 15.2 Å². The first kappa shape index (κ1) is 17.0. The van der Waals surface area contributed by atoms with E-state index in [1.807, 2.05) is 48.9 Å². The van der Waals surface area contributed by atoms with Crippen LogP contribution in [0.4, 0.5) is 4.39 Å². The maximum Gasteiger partial charge on any atom is 0.258 e. The second-order valence-corrected chi connectivity index (χ2v) is 6.37. The first-order valence-corrected chi connectivity index (χ1v) is 8.42. The van der Waals surface area contributed by atoms with Crippen LogP contribution in [-0.2, 0) is 6.54 Å². The molecule has 0 saturated heterocycles. The first-order valence-electron chi connectivity index (χ1n) is 8.42. The van der Waals surface area contributed by atoms with Gasteiger partial charge in [-0.25, -0.2) is 4.39 Å². The van der Waals surface area contributed by atoms with Crippen molar-refractivity contribution in [3.63, 3.8) is 0 Å². The molecule has 27 heavy (non-hydrogen) atoms. The van der Waals surface area contributed by atoms with Crippen LogP contribution >= 0.6 is 0 Å². The van der Waals surface area contributed by atoms with Gasteiger partial charge in [0.1, 0.15) is 0 Å². The molecule has 0 aliphatic carbocycles. The predicted octanol–water partition coefficient (Wildman–Crippen LogP) is 4.11. The van der Waals surface area contributed by atoms with Crippen molar-refractivity contribution < 1.29 is 14.0 Å². The molecule has 136 valence electrons. The molecule has 0 saturated carbocycles. The van der Waals surface area contributed by atoms with Gasteiger partial charge in [-0.1, -0.05) is 17.3 Å². The monoisotopic (exact) mass is 364 g/mol. The van der Waals surface area contributed by atoms with Crippen LogP contribution in [0.1, 0.15) is 17.0 Å². The van der Waals surface area contributed by atoms with E-state index in [-0.39, 0.29) is 5.82 Å². The highest BCUT2D eigenvalue weighted by atomic mass is 19.1. The highest BCUT2D eigenvalue weighted by Gasteiger charge is 2.13. The Morgan fingerprint density at radius 1 is 1.04 bits per heavy atom. The van der Waals surface area contributed by atoms with E-state index in [0.717, 1.165) is 22.5 Å². The molecule has 0 fully saturated rings. The van der Waals surface area contributed by atoms with E-state index >= 15 is 0 Å². The lowest BCUT2D eigenvalue weighted by Gasteiger charge is -2.05. The van der Waals surface area contributed by atoms with Crippen LogP contribution in [0, 0.1) is 19.7 Å². The highest BCUT2D eigenvalue weighted by molar-refractivity contribution is 5.60. The second-order valence-electron chi connectivity index (χ2n) is 6.37. The first-order chi connectivity index (χ1) is 13.0. The average Bonchev–Trinajstić information content (AvgIpc) is 3.25. The van der Waals surface area contributed by atoms with Crippen molar-refractivity contribution in [2.24, 2.45) is 0 Å². The normalized spacial score (nSPS) is 11.1. The summed E-state index contributed by atoms with van der Waals surface area (Å²) in [5, 5.41) is 17.6. The third kappa shape index (κ3) is 3.44. The molecule has 0 radical (unpaired) electrons. The largest absolute Gasteiger partial charge is 0.505 e. The molecular weight excluding hydrogens is 347 g/mol. The standard InChI is InChI=1S/C20H17FN4O2/c1-12-9-13(2)25(23-12)11-14-3-5-15(6-4-14)20-22-19(24-27-20)16-7-8-18(26)17(21)10-16/h3-10,26H,11H2,1-2H3. The van der Waals surface area contributed by atoms with Gasteiger partial charge in [-0.15, -0.1) is 0 Å². The Labute approximate surface area is 154 Å². The van der Waals surface area contributed by atoms with E-state index in [1.54, 1.807) is 0 Å². The number of rotatable bonds is 4. The number of phenolic OH excluding ortho intramolecular Hbond substituents is 1. The molecule has 2 heterocycles. The fourth-order valence-electron chi connectivity index (χ4n) is 2.86. The third-order valence-corrected chi connectivity index (χ3v) is 4.27. The average molecular weight is 364 g/mol. The van der Waals surface area contributed by atoms with Crippen molar-refractivity contribution in [2.45, 2.75) is 20.4 Å². The Balaban J connectivity index is 1.55. The Kier molecular flexibility index (Phi) is 4.19. The van der Waals surface area contributed by atoms with Gasteiger partial charge in [-0.05, 0) is 55.8 Å². The maximum atomic E-state index is 13.5. The van der Waals surface area contributed by atoms with Gasteiger partial charge in [0.2, 0.25) is 5.82 Å². The van der Waals surface area contributed by atoms with Crippen molar-refractivity contribution in [3.05, 3.63) is 71.3 Å². The Morgan fingerprint density at radius 3 is 2.44 bits per heavy atom. The molecular formula is C20H17FN4O2. The number of nitrogens with zero attached hydrogens (tertiary/aromatic N) is 4. The number of hydrogen-bond acceptors (Lipinski definition) is 5. The summed E-state index contributed by atoms with van der Waals surface area (Å²) in [4.78, 5) is 4.31.